The first-order valence-electron chi connectivity index (χ1n) is 7.67. The Labute approximate surface area is 166 Å². The summed E-state index contributed by atoms with van der Waals surface area (Å²) in [4.78, 5) is 12.2. The third-order valence-corrected chi connectivity index (χ3v) is 4.23. The summed E-state index contributed by atoms with van der Waals surface area (Å²) >= 11 is 2.14. The molecule has 0 aliphatic carbocycles. The van der Waals surface area contributed by atoms with E-state index in [-0.39, 0.29) is 5.91 Å². The highest BCUT2D eigenvalue weighted by Crippen LogP contribution is 2.27. The van der Waals surface area contributed by atoms with E-state index in [0.717, 1.165) is 9.13 Å². The number of nitrogens with one attached hydrogen (secondary N) is 1. The van der Waals surface area contributed by atoms with E-state index in [1.807, 2.05) is 12.1 Å². The summed E-state index contributed by atoms with van der Waals surface area (Å²) in [5.74, 6) is 1.50. The molecule has 2 aromatic carbocycles. The molecule has 0 aliphatic heterocycles. The predicted molar refractivity (Wildman–Crippen MR) is 109 cm³/mol. The van der Waals surface area contributed by atoms with Crippen molar-refractivity contribution >= 4 is 34.7 Å². The molecule has 2 aromatic rings. The van der Waals surface area contributed by atoms with Crippen molar-refractivity contribution in [3.05, 3.63) is 63.8 Å². The fourth-order valence-corrected chi connectivity index (χ4v) is 2.62. The van der Waals surface area contributed by atoms with E-state index in [4.69, 9.17) is 14.2 Å². The van der Waals surface area contributed by atoms with Crippen molar-refractivity contribution in [2.75, 3.05) is 20.8 Å². The van der Waals surface area contributed by atoms with Gasteiger partial charge >= 0.3 is 0 Å². The van der Waals surface area contributed by atoms with E-state index in [1.165, 1.54) is 6.21 Å². The third-order valence-electron chi connectivity index (χ3n) is 3.34. The summed E-state index contributed by atoms with van der Waals surface area (Å²) in [6, 6.07) is 10.5. The van der Waals surface area contributed by atoms with Gasteiger partial charge in [-0.2, -0.15) is 5.10 Å². The lowest BCUT2D eigenvalue weighted by molar-refractivity contribution is 0.0954. The highest BCUT2D eigenvalue weighted by atomic mass is 127. The number of methoxy groups -OCH3 is 2. The van der Waals surface area contributed by atoms with Gasteiger partial charge < -0.3 is 14.2 Å². The molecule has 0 aromatic heterocycles. The number of hydrogen-bond donors (Lipinski definition) is 1. The minimum atomic E-state index is -0.325. The Morgan fingerprint density at radius 3 is 2.62 bits per heavy atom. The Hall–Kier alpha value is -2.55. The van der Waals surface area contributed by atoms with Crippen molar-refractivity contribution in [2.24, 2.45) is 5.10 Å². The summed E-state index contributed by atoms with van der Waals surface area (Å²) in [6.07, 6.45) is 3.19. The molecule has 6 nitrogen and oxygen atoms in total. The number of benzene rings is 2. The Balaban J connectivity index is 2.05. The van der Waals surface area contributed by atoms with Crippen molar-refractivity contribution in [1.82, 2.24) is 5.43 Å². The second-order valence-corrected chi connectivity index (χ2v) is 6.22. The number of ether oxygens (including phenoxy) is 3. The van der Waals surface area contributed by atoms with Crippen LogP contribution < -0.4 is 19.6 Å². The van der Waals surface area contributed by atoms with Crippen LogP contribution in [0.2, 0.25) is 0 Å². The molecule has 0 unspecified atom stereocenters. The van der Waals surface area contributed by atoms with Crippen LogP contribution in [0.5, 0.6) is 17.2 Å². The lowest BCUT2D eigenvalue weighted by Gasteiger charge is -2.09. The molecule has 0 aliphatic rings. The molecule has 0 bridgehead atoms. The maximum absolute atomic E-state index is 12.2. The molecule has 136 valence electrons. The summed E-state index contributed by atoms with van der Waals surface area (Å²) in [7, 11) is 3.12. The van der Waals surface area contributed by atoms with E-state index in [0.29, 0.717) is 29.4 Å². The van der Waals surface area contributed by atoms with Crippen LogP contribution in [-0.4, -0.2) is 32.9 Å². The van der Waals surface area contributed by atoms with Gasteiger partial charge in [-0.1, -0.05) is 12.7 Å². The van der Waals surface area contributed by atoms with Gasteiger partial charge in [-0.05, 0) is 64.6 Å². The fraction of sp³-hybridized carbons (Fsp3) is 0.158. The minimum absolute atomic E-state index is 0.325. The highest BCUT2D eigenvalue weighted by Gasteiger charge is 2.08. The largest absolute Gasteiger partial charge is 0.496 e. The Morgan fingerprint density at radius 1 is 1.15 bits per heavy atom. The molecule has 0 atom stereocenters. The maximum Gasteiger partial charge on any atom is 0.271 e. The number of hydrogen-bond acceptors (Lipinski definition) is 5. The van der Waals surface area contributed by atoms with Gasteiger partial charge in [0.05, 0.1) is 24.0 Å². The standard InChI is InChI=1S/C19H19IN2O4/c1-4-9-26-16-8-5-13(10-18(16)25-3)12-21-22-19(23)14-6-7-15(20)17(11-14)24-2/h4-8,10-12H,1,9H2,2-3H3,(H,22,23)/b21-12-. The molecule has 0 spiro atoms. The van der Waals surface area contributed by atoms with Crippen LogP contribution in [0.3, 0.4) is 0 Å². The zero-order valence-corrected chi connectivity index (χ0v) is 16.6. The zero-order valence-electron chi connectivity index (χ0n) is 14.5. The van der Waals surface area contributed by atoms with Gasteiger partial charge in [-0.25, -0.2) is 5.43 Å². The van der Waals surface area contributed by atoms with Crippen molar-refractivity contribution in [2.45, 2.75) is 0 Å². The van der Waals surface area contributed by atoms with Crippen molar-refractivity contribution in [3.63, 3.8) is 0 Å². The Morgan fingerprint density at radius 2 is 1.92 bits per heavy atom. The first kappa shape index (κ1) is 19.8. The number of rotatable bonds is 8. The summed E-state index contributed by atoms with van der Waals surface area (Å²) in [6.45, 7) is 4.00. The molecule has 0 saturated carbocycles. The fourth-order valence-electron chi connectivity index (χ4n) is 2.06. The van der Waals surface area contributed by atoms with Crippen molar-refractivity contribution in [1.29, 1.82) is 0 Å². The topological polar surface area (TPSA) is 69.2 Å². The lowest BCUT2D eigenvalue weighted by Crippen LogP contribution is -2.17. The van der Waals surface area contributed by atoms with E-state index in [9.17, 15) is 4.79 Å². The van der Waals surface area contributed by atoms with Gasteiger partial charge in [-0.3, -0.25) is 4.79 Å². The minimum Gasteiger partial charge on any atom is -0.496 e. The van der Waals surface area contributed by atoms with Crippen LogP contribution in [0.4, 0.5) is 0 Å². The lowest BCUT2D eigenvalue weighted by atomic mass is 10.2. The number of amides is 1. The average molecular weight is 466 g/mol. The molecule has 0 fully saturated rings. The molecule has 1 N–H and O–H groups in total. The summed E-state index contributed by atoms with van der Waals surface area (Å²) in [5, 5.41) is 3.98. The van der Waals surface area contributed by atoms with E-state index >= 15 is 0 Å². The molecule has 0 saturated heterocycles. The second kappa shape index (κ2) is 9.81. The van der Waals surface area contributed by atoms with Crippen LogP contribution in [0.25, 0.3) is 0 Å². The van der Waals surface area contributed by atoms with Crippen LogP contribution in [0.1, 0.15) is 15.9 Å². The van der Waals surface area contributed by atoms with Crippen molar-refractivity contribution < 1.29 is 19.0 Å². The summed E-state index contributed by atoms with van der Waals surface area (Å²) < 4.78 is 16.9. The number of hydrazone groups is 1. The van der Waals surface area contributed by atoms with Gasteiger partial charge in [0.2, 0.25) is 0 Å². The molecule has 1 amide bonds. The van der Waals surface area contributed by atoms with Gasteiger partial charge in [-0.15, -0.1) is 0 Å². The average Bonchev–Trinajstić information content (AvgIpc) is 2.66. The maximum atomic E-state index is 12.2. The number of carbonyl (C=O) groups excluding carboxylic acids is 1. The number of nitrogens with zero attached hydrogens (tertiary/aromatic N) is 1. The molecule has 2 rings (SSSR count). The van der Waals surface area contributed by atoms with E-state index < -0.39 is 0 Å². The van der Waals surface area contributed by atoms with Crippen LogP contribution in [0.15, 0.2) is 54.2 Å². The van der Waals surface area contributed by atoms with E-state index in [2.05, 4.69) is 39.7 Å². The Kier molecular flexibility index (Phi) is 7.46. The Bertz CT molecular complexity index is 821. The van der Waals surface area contributed by atoms with Gasteiger partial charge in [0.1, 0.15) is 12.4 Å². The first-order chi connectivity index (χ1) is 12.6. The van der Waals surface area contributed by atoms with Crippen molar-refractivity contribution in [3.8, 4) is 17.2 Å². The first-order valence-corrected chi connectivity index (χ1v) is 8.75. The van der Waals surface area contributed by atoms with Crippen LogP contribution >= 0.6 is 22.6 Å². The molecule has 0 heterocycles. The quantitative estimate of drug-likeness (QED) is 0.279. The third kappa shape index (κ3) is 5.22. The van der Waals surface area contributed by atoms with Gasteiger partial charge in [0.15, 0.2) is 11.5 Å². The molecule has 7 heteroatoms. The van der Waals surface area contributed by atoms with Crippen LogP contribution in [-0.2, 0) is 0 Å². The number of halogens is 1. The molecule has 26 heavy (non-hydrogen) atoms. The van der Waals surface area contributed by atoms with Gasteiger partial charge in [0.25, 0.3) is 5.91 Å². The highest BCUT2D eigenvalue weighted by molar-refractivity contribution is 14.1. The monoisotopic (exact) mass is 466 g/mol. The van der Waals surface area contributed by atoms with Gasteiger partial charge in [0, 0.05) is 5.56 Å². The molecule has 0 radical (unpaired) electrons. The predicted octanol–water partition coefficient (Wildman–Crippen LogP) is 3.64. The SMILES string of the molecule is C=CCOc1ccc(/C=N\NC(=O)c2ccc(I)c(OC)c2)cc1OC. The summed E-state index contributed by atoms with van der Waals surface area (Å²) in [5.41, 5.74) is 3.71. The molecular formula is C19H19IN2O4. The normalized spacial score (nSPS) is 10.4. The molecular weight excluding hydrogens is 447 g/mol. The number of carbonyl (C=O) groups is 1. The smallest absolute Gasteiger partial charge is 0.271 e. The second-order valence-electron chi connectivity index (χ2n) is 5.06. The van der Waals surface area contributed by atoms with E-state index in [1.54, 1.807) is 44.6 Å². The van der Waals surface area contributed by atoms with Crippen LogP contribution in [0, 0.1) is 3.57 Å². The zero-order chi connectivity index (χ0) is 18.9.